The van der Waals surface area contributed by atoms with Crippen LogP contribution >= 0.6 is 11.8 Å². The molecule has 3 rings (SSSR count). The summed E-state index contributed by atoms with van der Waals surface area (Å²) in [4.78, 5) is 4.32. The Morgan fingerprint density at radius 3 is 2.27 bits per heavy atom. The lowest BCUT2D eigenvalue weighted by Crippen LogP contribution is -2.41. The van der Waals surface area contributed by atoms with Crippen LogP contribution in [0.4, 0.5) is 11.5 Å². The Morgan fingerprint density at radius 1 is 0.962 bits per heavy atom. The van der Waals surface area contributed by atoms with Gasteiger partial charge in [0.15, 0.2) is 0 Å². The van der Waals surface area contributed by atoms with Crippen molar-refractivity contribution in [2.45, 2.75) is 10.8 Å². The van der Waals surface area contributed by atoms with E-state index in [2.05, 4.69) is 22.9 Å². The minimum atomic E-state index is 0.135. The number of nitrogens with zero attached hydrogens (tertiary/aromatic N) is 3. The predicted octanol–water partition coefficient (Wildman–Crippen LogP) is 3.24. The van der Waals surface area contributed by atoms with E-state index >= 15 is 0 Å². The van der Waals surface area contributed by atoms with Crippen LogP contribution in [0.1, 0.15) is 16.7 Å². The van der Waals surface area contributed by atoms with E-state index in [0.29, 0.717) is 21.9 Å². The van der Waals surface area contributed by atoms with E-state index in [-0.39, 0.29) is 11.4 Å². The number of nitrogen functional groups attached to an aromatic ring is 1. The average molecular weight is 358 g/mol. The standard InChI is InChI=1S/C20H15N5S/c21-10-15-18(13-6-2-1-3-7-13)16(11-22)20(25-19(15)24)26-12-14-8-4-5-9-17(14)23/h1-9H,12,23H2,(H2,24,25)/p+1. The molecule has 0 aliphatic carbocycles. The van der Waals surface area contributed by atoms with Crippen molar-refractivity contribution in [3.05, 3.63) is 71.3 Å². The number of quaternary nitrogens is 1. The summed E-state index contributed by atoms with van der Waals surface area (Å²) in [7, 11) is 0. The van der Waals surface area contributed by atoms with Crippen molar-refractivity contribution in [3.63, 3.8) is 0 Å². The number of thioether (sulfide) groups is 1. The van der Waals surface area contributed by atoms with Gasteiger partial charge in [0.2, 0.25) is 0 Å². The topological polar surface area (TPSA) is 114 Å². The highest BCUT2D eigenvalue weighted by molar-refractivity contribution is 7.98. The molecule has 0 radical (unpaired) electrons. The van der Waals surface area contributed by atoms with Gasteiger partial charge in [-0.1, -0.05) is 60.3 Å². The molecule has 0 saturated carbocycles. The van der Waals surface area contributed by atoms with Crippen LogP contribution in [-0.2, 0) is 5.75 Å². The van der Waals surface area contributed by atoms with Crippen LogP contribution in [0.5, 0.6) is 0 Å². The molecule has 2 aromatic carbocycles. The molecule has 1 aromatic heterocycles. The van der Waals surface area contributed by atoms with Crippen LogP contribution in [0, 0.1) is 22.7 Å². The van der Waals surface area contributed by atoms with Crippen molar-refractivity contribution in [1.82, 2.24) is 4.98 Å². The lowest BCUT2D eigenvalue weighted by atomic mass is 9.97. The molecule has 0 unspecified atom stereocenters. The number of nitrogens with two attached hydrogens (primary N) is 1. The highest BCUT2D eigenvalue weighted by Gasteiger charge is 2.20. The molecule has 0 saturated heterocycles. The van der Waals surface area contributed by atoms with Gasteiger partial charge in [-0.05, 0) is 11.6 Å². The molecular weight excluding hydrogens is 342 g/mol. The summed E-state index contributed by atoms with van der Waals surface area (Å²) in [6.45, 7) is 0. The van der Waals surface area contributed by atoms with E-state index in [1.54, 1.807) is 0 Å². The predicted molar refractivity (Wildman–Crippen MR) is 102 cm³/mol. The number of hydrogen-bond acceptors (Lipinski definition) is 5. The number of hydrogen-bond donors (Lipinski definition) is 2. The fourth-order valence-corrected chi connectivity index (χ4v) is 3.67. The van der Waals surface area contributed by atoms with Crippen LogP contribution < -0.4 is 11.5 Å². The lowest BCUT2D eigenvalue weighted by Gasteiger charge is -2.13. The molecule has 5 nitrogen and oxygen atoms in total. The number of benzene rings is 2. The maximum absolute atomic E-state index is 9.76. The molecule has 1 heterocycles. The summed E-state index contributed by atoms with van der Waals surface area (Å²) in [5.74, 6) is 0.747. The Bertz CT molecular complexity index is 1030. The van der Waals surface area contributed by atoms with E-state index in [0.717, 1.165) is 16.8 Å². The summed E-state index contributed by atoms with van der Waals surface area (Å²) in [5.41, 5.74) is 13.9. The van der Waals surface area contributed by atoms with Gasteiger partial charge in [-0.25, -0.2) is 4.98 Å². The lowest BCUT2D eigenvalue weighted by molar-refractivity contribution is -0.255. The van der Waals surface area contributed by atoms with Crippen LogP contribution in [0.15, 0.2) is 59.6 Å². The van der Waals surface area contributed by atoms with Gasteiger partial charge in [0, 0.05) is 16.9 Å². The van der Waals surface area contributed by atoms with Gasteiger partial charge in [-0.2, -0.15) is 10.5 Å². The first kappa shape index (κ1) is 17.5. The zero-order valence-corrected chi connectivity index (χ0v) is 14.8. The van der Waals surface area contributed by atoms with E-state index in [1.807, 2.05) is 54.6 Å². The minimum absolute atomic E-state index is 0.135. The smallest absolute Gasteiger partial charge is 0.143 e. The number of aromatic nitrogens is 1. The molecule has 0 aliphatic heterocycles. The molecule has 5 N–H and O–H groups in total. The van der Waals surface area contributed by atoms with E-state index in [1.165, 1.54) is 11.8 Å². The van der Waals surface area contributed by atoms with Crippen molar-refractivity contribution in [2.24, 2.45) is 0 Å². The molecule has 0 amide bonds. The number of nitriles is 2. The first-order valence-corrected chi connectivity index (χ1v) is 8.86. The number of rotatable bonds is 4. The third-order valence-electron chi connectivity index (χ3n) is 3.96. The molecule has 126 valence electrons. The van der Waals surface area contributed by atoms with Gasteiger partial charge in [-0.3, -0.25) is 0 Å². The van der Waals surface area contributed by atoms with Gasteiger partial charge in [0.25, 0.3) is 0 Å². The van der Waals surface area contributed by atoms with Gasteiger partial charge in [0.1, 0.15) is 34.2 Å². The van der Waals surface area contributed by atoms with Crippen molar-refractivity contribution in [3.8, 4) is 23.3 Å². The van der Waals surface area contributed by atoms with E-state index in [9.17, 15) is 10.5 Å². The van der Waals surface area contributed by atoms with Crippen LogP contribution in [0.2, 0.25) is 0 Å². The highest BCUT2D eigenvalue weighted by atomic mass is 32.2. The average Bonchev–Trinajstić information content (AvgIpc) is 2.67. The highest BCUT2D eigenvalue weighted by Crippen LogP contribution is 2.36. The summed E-state index contributed by atoms with van der Waals surface area (Å²) in [6, 6.07) is 21.4. The van der Waals surface area contributed by atoms with Crippen molar-refractivity contribution >= 4 is 23.3 Å². The summed E-state index contributed by atoms with van der Waals surface area (Å²) >= 11 is 1.42. The molecule has 6 heteroatoms. The first-order chi connectivity index (χ1) is 12.7. The van der Waals surface area contributed by atoms with Gasteiger partial charge in [0.05, 0.1) is 5.56 Å². The maximum atomic E-state index is 9.76. The SMILES string of the molecule is N#Cc1c(N)nc(SCc2ccccc2[NH3+])c(C#N)c1-c1ccccc1. The van der Waals surface area contributed by atoms with Crippen LogP contribution in [0.3, 0.4) is 0 Å². The second-order valence-corrected chi connectivity index (χ2v) is 6.54. The molecule has 0 spiro atoms. The second-order valence-electron chi connectivity index (χ2n) is 5.57. The molecular formula is C20H16N5S+. The Hall–Kier alpha value is -3.32. The third-order valence-corrected chi connectivity index (χ3v) is 4.99. The molecule has 0 bridgehead atoms. The van der Waals surface area contributed by atoms with Crippen LogP contribution in [0.25, 0.3) is 11.1 Å². The molecule has 3 aromatic rings. The van der Waals surface area contributed by atoms with Gasteiger partial charge < -0.3 is 11.5 Å². The summed E-state index contributed by atoms with van der Waals surface area (Å²) in [6.07, 6.45) is 0. The fourth-order valence-electron chi connectivity index (χ4n) is 2.64. The van der Waals surface area contributed by atoms with Gasteiger partial charge >= 0.3 is 0 Å². The molecule has 0 fully saturated rings. The van der Waals surface area contributed by atoms with E-state index in [4.69, 9.17) is 5.73 Å². The van der Waals surface area contributed by atoms with Crippen molar-refractivity contribution in [1.29, 1.82) is 10.5 Å². The summed E-state index contributed by atoms with van der Waals surface area (Å²) < 4.78 is 0. The zero-order valence-electron chi connectivity index (χ0n) is 13.9. The zero-order chi connectivity index (χ0) is 18.5. The van der Waals surface area contributed by atoms with Crippen molar-refractivity contribution < 1.29 is 5.73 Å². The molecule has 0 atom stereocenters. The Morgan fingerprint density at radius 2 is 1.62 bits per heavy atom. The quantitative estimate of drug-likeness (QED) is 0.695. The van der Waals surface area contributed by atoms with Crippen LogP contribution in [-0.4, -0.2) is 4.98 Å². The van der Waals surface area contributed by atoms with Gasteiger partial charge in [-0.15, -0.1) is 0 Å². The Kier molecular flexibility index (Phi) is 5.19. The number of anilines is 1. The third kappa shape index (κ3) is 3.38. The normalized spacial score (nSPS) is 10.1. The largest absolute Gasteiger partial charge is 0.383 e. The van der Waals surface area contributed by atoms with E-state index < -0.39 is 0 Å². The maximum Gasteiger partial charge on any atom is 0.143 e. The Balaban J connectivity index is 2.10. The number of pyridine rings is 1. The fraction of sp³-hybridized carbons (Fsp3) is 0.0500. The molecule has 26 heavy (non-hydrogen) atoms. The minimum Gasteiger partial charge on any atom is -0.383 e. The Labute approximate surface area is 155 Å². The van der Waals surface area contributed by atoms with Crippen molar-refractivity contribution in [2.75, 3.05) is 5.73 Å². The monoisotopic (exact) mass is 358 g/mol. The molecule has 0 aliphatic rings. The first-order valence-electron chi connectivity index (χ1n) is 7.87. The second kappa shape index (κ2) is 7.71. The summed E-state index contributed by atoms with van der Waals surface area (Å²) in [5, 5.41) is 19.8.